The number of likely N-dealkylation sites (tertiary alicyclic amines) is 1. The minimum atomic E-state index is -0.445. The lowest BCUT2D eigenvalue weighted by Crippen LogP contribution is -2.41. The summed E-state index contributed by atoms with van der Waals surface area (Å²) in [4.78, 5) is 30.7. The van der Waals surface area contributed by atoms with Crippen molar-refractivity contribution in [2.24, 2.45) is 11.7 Å². The Balaban J connectivity index is 1.85. The van der Waals surface area contributed by atoms with Crippen molar-refractivity contribution in [3.05, 3.63) is 34.6 Å². The van der Waals surface area contributed by atoms with Crippen molar-refractivity contribution in [3.8, 4) is 16.3 Å². The van der Waals surface area contributed by atoms with E-state index in [1.54, 1.807) is 24.0 Å². The van der Waals surface area contributed by atoms with E-state index in [-0.39, 0.29) is 23.3 Å². The second kappa shape index (κ2) is 7.41. The first kappa shape index (κ1) is 18.3. The van der Waals surface area contributed by atoms with E-state index in [9.17, 15) is 14.0 Å². The third-order valence-electron chi connectivity index (χ3n) is 4.58. The fourth-order valence-corrected chi connectivity index (χ4v) is 4.18. The lowest BCUT2D eigenvalue weighted by Gasteiger charge is -2.30. The van der Waals surface area contributed by atoms with Crippen molar-refractivity contribution >= 4 is 23.2 Å². The minimum absolute atomic E-state index is 0.149. The lowest BCUT2D eigenvalue weighted by atomic mass is 9.96. The molecule has 6 nitrogen and oxygen atoms in total. The molecule has 0 radical (unpaired) electrons. The van der Waals surface area contributed by atoms with E-state index in [1.807, 2.05) is 0 Å². The van der Waals surface area contributed by atoms with E-state index in [0.717, 1.165) is 11.3 Å². The number of aryl methyl sites for hydroxylation is 1. The number of nitrogens with zero attached hydrogens (tertiary/aromatic N) is 2. The van der Waals surface area contributed by atoms with Gasteiger partial charge in [-0.15, -0.1) is 11.3 Å². The average Bonchev–Trinajstić information content (AvgIpc) is 3.02. The number of methoxy groups -OCH3 is 1. The molecule has 0 atom stereocenters. The molecule has 8 heteroatoms. The Morgan fingerprint density at radius 2 is 2.04 bits per heavy atom. The van der Waals surface area contributed by atoms with Gasteiger partial charge in [0.15, 0.2) is 0 Å². The SMILES string of the molecule is COc1cccc(F)c1-c1nc(C)c(C(=O)N2CCC(C(N)=O)CC2)s1. The molecule has 1 aliphatic heterocycles. The van der Waals surface area contributed by atoms with Crippen LogP contribution >= 0.6 is 11.3 Å². The molecule has 2 N–H and O–H groups in total. The third kappa shape index (κ3) is 3.41. The first-order valence-electron chi connectivity index (χ1n) is 8.31. The maximum atomic E-state index is 14.3. The Kier molecular flexibility index (Phi) is 5.22. The molecule has 1 aliphatic rings. The highest BCUT2D eigenvalue weighted by atomic mass is 32.1. The van der Waals surface area contributed by atoms with Crippen LogP contribution in [-0.4, -0.2) is 41.9 Å². The Bertz CT molecular complexity index is 844. The van der Waals surface area contributed by atoms with Crippen LogP contribution in [-0.2, 0) is 4.79 Å². The van der Waals surface area contributed by atoms with Crippen molar-refractivity contribution in [3.63, 3.8) is 0 Å². The van der Waals surface area contributed by atoms with Crippen LogP contribution in [0.5, 0.6) is 5.75 Å². The van der Waals surface area contributed by atoms with Gasteiger partial charge in [-0.25, -0.2) is 9.37 Å². The molecule has 138 valence electrons. The molecule has 0 spiro atoms. The molecule has 3 rings (SSSR count). The molecule has 0 bridgehead atoms. The van der Waals surface area contributed by atoms with Gasteiger partial charge in [0.25, 0.3) is 5.91 Å². The predicted octanol–water partition coefficient (Wildman–Crippen LogP) is 2.60. The van der Waals surface area contributed by atoms with Crippen LogP contribution in [0.2, 0.25) is 0 Å². The zero-order valence-electron chi connectivity index (χ0n) is 14.6. The summed E-state index contributed by atoms with van der Waals surface area (Å²) in [5, 5.41) is 0.410. The number of nitrogens with two attached hydrogens (primary N) is 1. The van der Waals surface area contributed by atoms with Crippen molar-refractivity contribution in [1.82, 2.24) is 9.88 Å². The van der Waals surface area contributed by atoms with Crippen LogP contribution in [0.4, 0.5) is 4.39 Å². The fourth-order valence-electron chi connectivity index (χ4n) is 3.09. The van der Waals surface area contributed by atoms with Crippen molar-refractivity contribution in [2.45, 2.75) is 19.8 Å². The van der Waals surface area contributed by atoms with Gasteiger partial charge in [-0.2, -0.15) is 0 Å². The van der Waals surface area contributed by atoms with Gasteiger partial charge < -0.3 is 15.4 Å². The number of carbonyl (C=O) groups excluding carboxylic acids is 2. The lowest BCUT2D eigenvalue weighted by molar-refractivity contribution is -0.123. The molecule has 0 aliphatic carbocycles. The van der Waals surface area contributed by atoms with Gasteiger partial charge in [0.1, 0.15) is 21.5 Å². The van der Waals surface area contributed by atoms with Crippen LogP contribution in [0.1, 0.15) is 28.2 Å². The largest absolute Gasteiger partial charge is 0.496 e. The summed E-state index contributed by atoms with van der Waals surface area (Å²) in [5.41, 5.74) is 6.15. The summed E-state index contributed by atoms with van der Waals surface area (Å²) in [7, 11) is 1.47. The highest BCUT2D eigenvalue weighted by molar-refractivity contribution is 7.17. The molecule has 1 aromatic carbocycles. The fraction of sp³-hybridized carbons (Fsp3) is 0.389. The topological polar surface area (TPSA) is 85.5 Å². The van der Waals surface area contributed by atoms with Crippen LogP contribution in [0.15, 0.2) is 18.2 Å². The summed E-state index contributed by atoms with van der Waals surface area (Å²) in [6, 6.07) is 4.56. The zero-order valence-corrected chi connectivity index (χ0v) is 15.4. The third-order valence-corrected chi connectivity index (χ3v) is 5.75. The number of halogens is 1. The average molecular weight is 377 g/mol. The first-order chi connectivity index (χ1) is 12.4. The number of amides is 2. The molecule has 2 amide bonds. The van der Waals surface area contributed by atoms with Gasteiger partial charge in [-0.3, -0.25) is 9.59 Å². The number of carbonyl (C=O) groups is 2. The van der Waals surface area contributed by atoms with Gasteiger partial charge in [-0.05, 0) is 31.9 Å². The van der Waals surface area contributed by atoms with Gasteiger partial charge >= 0.3 is 0 Å². The molecule has 26 heavy (non-hydrogen) atoms. The van der Waals surface area contributed by atoms with Gasteiger partial charge in [0, 0.05) is 19.0 Å². The van der Waals surface area contributed by atoms with Crippen molar-refractivity contribution in [2.75, 3.05) is 20.2 Å². The molecular weight excluding hydrogens is 357 g/mol. The van der Waals surface area contributed by atoms with Crippen LogP contribution in [0.3, 0.4) is 0 Å². The van der Waals surface area contributed by atoms with Crippen molar-refractivity contribution in [1.29, 1.82) is 0 Å². The van der Waals surface area contributed by atoms with E-state index in [0.29, 0.717) is 47.3 Å². The van der Waals surface area contributed by atoms with Gasteiger partial charge in [0.2, 0.25) is 5.91 Å². The van der Waals surface area contributed by atoms with Crippen LogP contribution < -0.4 is 10.5 Å². The Hall–Kier alpha value is -2.48. The maximum Gasteiger partial charge on any atom is 0.265 e. The maximum absolute atomic E-state index is 14.3. The molecule has 1 saturated heterocycles. The van der Waals surface area contributed by atoms with E-state index in [2.05, 4.69) is 4.98 Å². The number of hydrogen-bond donors (Lipinski definition) is 1. The Labute approximate surface area is 154 Å². The van der Waals surface area contributed by atoms with E-state index in [4.69, 9.17) is 10.5 Å². The number of rotatable bonds is 4. The number of primary amides is 1. The van der Waals surface area contributed by atoms with Crippen LogP contribution in [0.25, 0.3) is 10.6 Å². The van der Waals surface area contributed by atoms with Crippen molar-refractivity contribution < 1.29 is 18.7 Å². The molecule has 1 aromatic heterocycles. The second-order valence-corrected chi connectivity index (χ2v) is 7.22. The quantitative estimate of drug-likeness (QED) is 0.887. The normalized spacial score (nSPS) is 15.1. The number of thiazole rings is 1. The number of hydrogen-bond acceptors (Lipinski definition) is 5. The molecular formula is C18H20FN3O3S. The second-order valence-electron chi connectivity index (χ2n) is 6.22. The number of piperidine rings is 1. The molecule has 2 heterocycles. The Morgan fingerprint density at radius 1 is 1.35 bits per heavy atom. The van der Waals surface area contributed by atoms with Crippen LogP contribution in [0, 0.1) is 18.7 Å². The monoisotopic (exact) mass is 377 g/mol. The summed E-state index contributed by atoms with van der Waals surface area (Å²) in [6.07, 6.45) is 1.12. The highest BCUT2D eigenvalue weighted by Crippen LogP contribution is 2.37. The van der Waals surface area contributed by atoms with E-state index in [1.165, 1.54) is 13.2 Å². The standard InChI is InChI=1S/C18H20FN3O3S/c1-10-15(18(24)22-8-6-11(7-9-22)16(20)23)26-17(21-10)14-12(19)4-3-5-13(14)25-2/h3-5,11H,6-9H2,1-2H3,(H2,20,23). The Morgan fingerprint density at radius 3 is 2.65 bits per heavy atom. The summed E-state index contributed by atoms with van der Waals surface area (Å²) < 4.78 is 19.5. The van der Waals surface area contributed by atoms with Gasteiger partial charge in [-0.1, -0.05) is 6.07 Å². The van der Waals surface area contributed by atoms with Gasteiger partial charge in [0.05, 0.1) is 18.4 Å². The smallest absolute Gasteiger partial charge is 0.265 e. The minimum Gasteiger partial charge on any atom is -0.496 e. The summed E-state index contributed by atoms with van der Waals surface area (Å²) in [6.45, 7) is 2.68. The van der Waals surface area contributed by atoms with E-state index < -0.39 is 5.82 Å². The predicted molar refractivity (Wildman–Crippen MR) is 96.6 cm³/mol. The zero-order chi connectivity index (χ0) is 18.8. The molecule has 2 aromatic rings. The summed E-state index contributed by atoms with van der Waals surface area (Å²) in [5.74, 6) is -0.719. The number of aromatic nitrogens is 1. The number of benzene rings is 1. The molecule has 0 unspecified atom stereocenters. The van der Waals surface area contributed by atoms with E-state index >= 15 is 0 Å². The molecule has 0 saturated carbocycles. The molecule has 1 fully saturated rings. The number of ether oxygens (including phenoxy) is 1. The first-order valence-corrected chi connectivity index (χ1v) is 9.13. The summed E-state index contributed by atoms with van der Waals surface area (Å²) >= 11 is 1.15. The highest BCUT2D eigenvalue weighted by Gasteiger charge is 2.29.